The molecule has 0 saturated heterocycles. The number of imide groups is 1. The van der Waals surface area contributed by atoms with E-state index in [-0.39, 0.29) is 31.2 Å². The summed E-state index contributed by atoms with van der Waals surface area (Å²) in [5.74, 6) is -3.12. The fourth-order valence-corrected chi connectivity index (χ4v) is 4.00. The molecule has 2 amide bonds. The second kappa shape index (κ2) is 8.55. The second-order valence-corrected chi connectivity index (χ2v) is 7.98. The van der Waals surface area contributed by atoms with Crippen LogP contribution in [0.5, 0.6) is 0 Å². The van der Waals surface area contributed by atoms with E-state index in [2.05, 4.69) is 0 Å². The monoisotopic (exact) mass is 487 g/mol. The molecule has 0 radical (unpaired) electrons. The van der Waals surface area contributed by atoms with Gasteiger partial charge in [-0.2, -0.15) is 0 Å². The first kappa shape index (κ1) is 22.6. The molecule has 2 aromatic carbocycles. The number of carbonyl (C=O) groups is 4. The Morgan fingerprint density at radius 2 is 1.30 bits per heavy atom. The number of benzene rings is 2. The molecular formula is C20H13Cl4NO5. The van der Waals surface area contributed by atoms with E-state index < -0.39 is 35.7 Å². The van der Waals surface area contributed by atoms with Crippen LogP contribution in [-0.4, -0.2) is 40.6 Å². The van der Waals surface area contributed by atoms with Gasteiger partial charge in [-0.1, -0.05) is 76.7 Å². The number of carbonyl (C=O) groups excluding carboxylic acids is 4. The molecular weight excluding hydrogens is 476 g/mol. The summed E-state index contributed by atoms with van der Waals surface area (Å²) in [6.07, 6.45) is -1.13. The van der Waals surface area contributed by atoms with Gasteiger partial charge in [-0.25, -0.2) is 4.79 Å². The van der Waals surface area contributed by atoms with E-state index in [1.165, 1.54) is 13.8 Å². The SMILES string of the molecule is C[C@@H](OC(=O)[C@H](C)N1C(=O)c2c(Cl)c(Cl)c(Cl)c(Cl)c2C1=O)C(=O)c1ccccc1. The molecule has 156 valence electrons. The predicted molar refractivity (Wildman–Crippen MR) is 113 cm³/mol. The van der Waals surface area contributed by atoms with Crippen molar-refractivity contribution in [1.29, 1.82) is 0 Å². The fourth-order valence-electron chi connectivity index (χ4n) is 2.99. The first-order valence-electron chi connectivity index (χ1n) is 8.61. The van der Waals surface area contributed by atoms with Gasteiger partial charge in [0.25, 0.3) is 11.8 Å². The van der Waals surface area contributed by atoms with Crippen molar-refractivity contribution in [1.82, 2.24) is 4.90 Å². The summed E-state index contributed by atoms with van der Waals surface area (Å²) in [5, 5.41) is -0.838. The number of hydrogen-bond acceptors (Lipinski definition) is 5. The molecule has 1 aliphatic rings. The molecule has 0 bridgehead atoms. The molecule has 1 heterocycles. The van der Waals surface area contributed by atoms with Crippen LogP contribution in [0.1, 0.15) is 44.9 Å². The van der Waals surface area contributed by atoms with E-state index in [1.54, 1.807) is 30.3 Å². The summed E-state index contributed by atoms with van der Waals surface area (Å²) >= 11 is 24.1. The van der Waals surface area contributed by atoms with Crippen LogP contribution in [0, 0.1) is 0 Å². The number of fused-ring (bicyclic) bond motifs is 1. The smallest absolute Gasteiger partial charge is 0.329 e. The van der Waals surface area contributed by atoms with Crippen molar-refractivity contribution in [2.24, 2.45) is 0 Å². The van der Waals surface area contributed by atoms with Gasteiger partial charge in [0.15, 0.2) is 6.10 Å². The molecule has 0 aromatic heterocycles. The maximum Gasteiger partial charge on any atom is 0.329 e. The number of esters is 1. The summed E-state index contributed by atoms with van der Waals surface area (Å²) in [7, 11) is 0. The van der Waals surface area contributed by atoms with Crippen LogP contribution in [0.3, 0.4) is 0 Å². The highest BCUT2D eigenvalue weighted by Gasteiger charge is 2.46. The number of amides is 2. The Balaban J connectivity index is 1.84. The molecule has 0 N–H and O–H groups in total. The molecule has 1 aliphatic heterocycles. The number of rotatable bonds is 5. The number of halogens is 4. The van der Waals surface area contributed by atoms with Crippen molar-refractivity contribution in [2.45, 2.75) is 26.0 Å². The van der Waals surface area contributed by atoms with Crippen LogP contribution in [0.25, 0.3) is 0 Å². The highest BCUT2D eigenvalue weighted by Crippen LogP contribution is 2.45. The standard InChI is InChI=1S/C20H13Cl4NO5/c1-8(20(29)30-9(2)17(26)10-6-4-3-5-7-10)25-18(27)11-12(19(25)28)14(22)16(24)15(23)13(11)21/h3-9H,1-2H3/t8-,9+/m0/s1. The van der Waals surface area contributed by atoms with Crippen LogP contribution < -0.4 is 0 Å². The normalized spacial score (nSPS) is 15.1. The maximum absolute atomic E-state index is 12.8. The van der Waals surface area contributed by atoms with Gasteiger partial charge in [0.05, 0.1) is 31.2 Å². The van der Waals surface area contributed by atoms with Gasteiger partial charge in [0.2, 0.25) is 5.78 Å². The minimum atomic E-state index is -1.35. The average Bonchev–Trinajstić information content (AvgIpc) is 3.00. The number of ether oxygens (including phenoxy) is 1. The molecule has 6 nitrogen and oxygen atoms in total. The van der Waals surface area contributed by atoms with Crippen molar-refractivity contribution in [3.63, 3.8) is 0 Å². The maximum atomic E-state index is 12.8. The quantitative estimate of drug-likeness (QED) is 0.192. The molecule has 30 heavy (non-hydrogen) atoms. The highest BCUT2D eigenvalue weighted by molar-refractivity contribution is 6.55. The zero-order chi connectivity index (χ0) is 22.3. The zero-order valence-electron chi connectivity index (χ0n) is 15.5. The van der Waals surface area contributed by atoms with E-state index in [9.17, 15) is 19.2 Å². The van der Waals surface area contributed by atoms with Crippen LogP contribution in [-0.2, 0) is 9.53 Å². The van der Waals surface area contributed by atoms with Gasteiger partial charge >= 0.3 is 5.97 Å². The highest BCUT2D eigenvalue weighted by atomic mass is 35.5. The van der Waals surface area contributed by atoms with Crippen LogP contribution in [0.15, 0.2) is 30.3 Å². The van der Waals surface area contributed by atoms with E-state index in [0.717, 1.165) is 0 Å². The van der Waals surface area contributed by atoms with Crippen molar-refractivity contribution in [2.75, 3.05) is 0 Å². The lowest BCUT2D eigenvalue weighted by Crippen LogP contribution is -2.45. The molecule has 3 rings (SSSR count). The number of hydrogen-bond donors (Lipinski definition) is 0. The van der Waals surface area contributed by atoms with E-state index in [0.29, 0.717) is 10.5 Å². The Kier molecular flexibility index (Phi) is 6.43. The lowest BCUT2D eigenvalue weighted by Gasteiger charge is -2.22. The summed E-state index contributed by atoms with van der Waals surface area (Å²) in [5.41, 5.74) is -0.128. The first-order valence-corrected chi connectivity index (χ1v) is 10.1. The largest absolute Gasteiger partial charge is 0.453 e. The van der Waals surface area contributed by atoms with Crippen LogP contribution in [0.4, 0.5) is 0 Å². The van der Waals surface area contributed by atoms with Gasteiger partial charge in [-0.3, -0.25) is 19.3 Å². The van der Waals surface area contributed by atoms with E-state index >= 15 is 0 Å². The Labute approximate surface area is 191 Å². The van der Waals surface area contributed by atoms with Crippen molar-refractivity contribution < 1.29 is 23.9 Å². The Bertz CT molecular complexity index is 1040. The van der Waals surface area contributed by atoms with Gasteiger partial charge < -0.3 is 4.74 Å². The van der Waals surface area contributed by atoms with Crippen molar-refractivity contribution >= 4 is 70.0 Å². The zero-order valence-corrected chi connectivity index (χ0v) is 18.6. The lowest BCUT2D eigenvalue weighted by atomic mass is 10.1. The minimum absolute atomic E-state index is 0.178. The third-order valence-corrected chi connectivity index (χ3v) is 6.38. The first-order chi connectivity index (χ1) is 14.1. The Morgan fingerprint density at radius 3 is 1.77 bits per heavy atom. The molecule has 0 unspecified atom stereocenters. The second-order valence-electron chi connectivity index (χ2n) is 6.47. The molecule has 2 aromatic rings. The molecule has 0 saturated carbocycles. The molecule has 0 spiro atoms. The molecule has 2 atom stereocenters. The van der Waals surface area contributed by atoms with Gasteiger partial charge in [0.1, 0.15) is 6.04 Å². The van der Waals surface area contributed by atoms with Crippen LogP contribution >= 0.6 is 46.4 Å². The predicted octanol–water partition coefficient (Wildman–Crippen LogP) is 5.10. The van der Waals surface area contributed by atoms with E-state index in [4.69, 9.17) is 51.1 Å². The van der Waals surface area contributed by atoms with Gasteiger partial charge in [-0.15, -0.1) is 0 Å². The molecule has 0 aliphatic carbocycles. The van der Waals surface area contributed by atoms with Crippen molar-refractivity contribution in [3.05, 3.63) is 67.1 Å². The van der Waals surface area contributed by atoms with Crippen LogP contribution in [0.2, 0.25) is 20.1 Å². The summed E-state index contributed by atoms with van der Waals surface area (Å²) in [6.45, 7) is 2.68. The molecule has 0 fully saturated rings. The third kappa shape index (κ3) is 3.69. The fraction of sp³-hybridized carbons (Fsp3) is 0.200. The Morgan fingerprint density at radius 1 is 0.833 bits per heavy atom. The minimum Gasteiger partial charge on any atom is -0.453 e. The van der Waals surface area contributed by atoms with Crippen molar-refractivity contribution in [3.8, 4) is 0 Å². The average molecular weight is 489 g/mol. The molecule has 10 heteroatoms. The Hall–Kier alpha value is -2.12. The number of Topliss-reactive ketones (excluding diaryl/α,β-unsaturated/α-hetero) is 1. The summed E-state index contributed by atoms with van der Waals surface area (Å²) < 4.78 is 5.19. The van der Waals surface area contributed by atoms with E-state index in [1.807, 2.05) is 0 Å². The van der Waals surface area contributed by atoms with Gasteiger partial charge in [-0.05, 0) is 13.8 Å². The third-order valence-electron chi connectivity index (χ3n) is 4.58. The lowest BCUT2D eigenvalue weighted by molar-refractivity contribution is -0.150. The number of nitrogens with zero attached hydrogens (tertiary/aromatic N) is 1. The topological polar surface area (TPSA) is 80.8 Å². The summed E-state index contributed by atoms with van der Waals surface area (Å²) in [6, 6.07) is 6.90. The number of ketones is 1. The summed E-state index contributed by atoms with van der Waals surface area (Å²) in [4.78, 5) is 51.3. The van der Waals surface area contributed by atoms with Gasteiger partial charge in [0, 0.05) is 5.56 Å².